The molecule has 0 saturated heterocycles. The Morgan fingerprint density at radius 3 is 2.32 bits per heavy atom. The fourth-order valence-corrected chi connectivity index (χ4v) is 4.76. The number of rotatable bonds is 7. The zero-order valence-electron chi connectivity index (χ0n) is 18.0. The van der Waals surface area contributed by atoms with Crippen molar-refractivity contribution in [2.24, 2.45) is 0 Å². The molecule has 4 heteroatoms. The van der Waals surface area contributed by atoms with Gasteiger partial charge in [0.25, 0.3) is 0 Å². The minimum absolute atomic E-state index is 0.00964. The number of thioether (sulfide) groups is 1. The third-order valence-electron chi connectivity index (χ3n) is 5.15. The lowest BCUT2D eigenvalue weighted by Gasteiger charge is -2.17. The lowest BCUT2D eigenvalue weighted by atomic mass is 9.92. The number of amides is 1. The Balaban J connectivity index is 2.08. The predicted octanol–water partition coefficient (Wildman–Crippen LogP) is 6.12. The monoisotopic (exact) mass is 397 g/mol. The van der Waals surface area contributed by atoms with Crippen LogP contribution in [0.3, 0.4) is 0 Å². The smallest absolute Gasteiger partial charge is 0.234 e. The minimum Gasteiger partial charge on any atom is -0.325 e. The molecule has 28 heavy (non-hydrogen) atoms. The molecule has 0 radical (unpaired) electrons. The zero-order chi connectivity index (χ0) is 21.0. The van der Waals surface area contributed by atoms with E-state index < -0.39 is 0 Å². The number of hydrogen-bond acceptors (Lipinski definition) is 3. The second kappa shape index (κ2) is 9.42. The van der Waals surface area contributed by atoms with Crippen molar-refractivity contribution in [3.63, 3.8) is 0 Å². The van der Waals surface area contributed by atoms with Crippen molar-refractivity contribution in [3.8, 4) is 0 Å². The summed E-state index contributed by atoms with van der Waals surface area (Å²) in [6.07, 6.45) is 0. The molecule has 3 nitrogen and oxygen atoms in total. The van der Waals surface area contributed by atoms with Crippen LogP contribution in [0.15, 0.2) is 24.3 Å². The first-order valence-corrected chi connectivity index (χ1v) is 10.9. The van der Waals surface area contributed by atoms with Crippen molar-refractivity contribution in [2.45, 2.75) is 60.1 Å². The van der Waals surface area contributed by atoms with E-state index in [9.17, 15) is 9.59 Å². The maximum Gasteiger partial charge on any atom is 0.234 e. The summed E-state index contributed by atoms with van der Waals surface area (Å²) in [6, 6.07) is 8.20. The van der Waals surface area contributed by atoms with Gasteiger partial charge in [-0.1, -0.05) is 38.1 Å². The zero-order valence-corrected chi connectivity index (χ0v) is 18.8. The lowest BCUT2D eigenvalue weighted by Crippen LogP contribution is -2.17. The predicted molar refractivity (Wildman–Crippen MR) is 121 cm³/mol. The molecule has 0 aliphatic heterocycles. The highest BCUT2D eigenvalue weighted by molar-refractivity contribution is 7.99. The Morgan fingerprint density at radius 2 is 1.71 bits per heavy atom. The number of aryl methyl sites for hydroxylation is 3. The number of benzene rings is 2. The van der Waals surface area contributed by atoms with Gasteiger partial charge in [0.05, 0.1) is 5.75 Å². The summed E-state index contributed by atoms with van der Waals surface area (Å²) in [5.41, 5.74) is 8.39. The first-order valence-electron chi connectivity index (χ1n) is 9.71. The Hall–Kier alpha value is -2.07. The lowest BCUT2D eigenvalue weighted by molar-refractivity contribution is -0.113. The molecule has 1 N–H and O–H groups in total. The van der Waals surface area contributed by atoms with E-state index in [1.54, 1.807) is 18.7 Å². The Labute approximate surface area is 173 Å². The van der Waals surface area contributed by atoms with Crippen LogP contribution < -0.4 is 5.32 Å². The number of hydrogen-bond donors (Lipinski definition) is 1. The molecule has 0 saturated carbocycles. The molecule has 0 aliphatic rings. The van der Waals surface area contributed by atoms with Crippen LogP contribution in [0, 0.1) is 27.7 Å². The molecular weight excluding hydrogens is 366 g/mol. The standard InChI is InChI=1S/C24H31NO2S/c1-14(2)20-10-8-9-15(3)24(20)25-22(27)13-28-12-21-16(4)11-17(5)23(18(21)6)19(7)26/h8-11,14H,12-13H2,1-7H3,(H,25,27). The van der Waals surface area contributed by atoms with Gasteiger partial charge >= 0.3 is 0 Å². The Kier molecular flexibility index (Phi) is 7.48. The largest absolute Gasteiger partial charge is 0.325 e. The van der Waals surface area contributed by atoms with Gasteiger partial charge in [-0.25, -0.2) is 0 Å². The molecule has 0 bridgehead atoms. The maximum absolute atomic E-state index is 12.5. The quantitative estimate of drug-likeness (QED) is 0.573. The number of nitrogens with one attached hydrogen (secondary N) is 1. The summed E-state index contributed by atoms with van der Waals surface area (Å²) >= 11 is 1.59. The van der Waals surface area contributed by atoms with Crippen molar-refractivity contribution in [3.05, 3.63) is 63.2 Å². The van der Waals surface area contributed by atoms with Gasteiger partial charge in [0, 0.05) is 17.0 Å². The first kappa shape index (κ1) is 22.2. The summed E-state index contributed by atoms with van der Waals surface area (Å²) in [5, 5.41) is 3.10. The number of carbonyl (C=O) groups excluding carboxylic acids is 2. The second-order valence-corrected chi connectivity index (χ2v) is 8.77. The summed E-state index contributed by atoms with van der Waals surface area (Å²) in [4.78, 5) is 24.5. The molecule has 0 atom stereocenters. The van der Waals surface area contributed by atoms with Crippen molar-refractivity contribution < 1.29 is 9.59 Å². The molecular formula is C24H31NO2S. The fraction of sp³-hybridized carbons (Fsp3) is 0.417. The number of Topliss-reactive ketones (excluding diaryl/α,β-unsaturated/α-hetero) is 1. The molecule has 0 fully saturated rings. The van der Waals surface area contributed by atoms with E-state index in [1.807, 2.05) is 32.9 Å². The van der Waals surface area contributed by atoms with Crippen LogP contribution in [0.2, 0.25) is 0 Å². The van der Waals surface area contributed by atoms with Crippen LogP contribution in [0.4, 0.5) is 5.69 Å². The molecule has 0 heterocycles. The fourth-order valence-electron chi connectivity index (χ4n) is 3.75. The van der Waals surface area contributed by atoms with E-state index in [4.69, 9.17) is 0 Å². The van der Waals surface area contributed by atoms with E-state index >= 15 is 0 Å². The van der Waals surface area contributed by atoms with Crippen molar-refractivity contribution in [2.75, 3.05) is 11.1 Å². The van der Waals surface area contributed by atoms with Gasteiger partial charge < -0.3 is 5.32 Å². The average molecular weight is 398 g/mol. The first-order chi connectivity index (χ1) is 13.1. The number of carbonyl (C=O) groups is 2. The highest BCUT2D eigenvalue weighted by Crippen LogP contribution is 2.29. The van der Waals surface area contributed by atoms with Crippen LogP contribution >= 0.6 is 11.8 Å². The normalized spacial score (nSPS) is 11.0. The number of anilines is 1. The highest BCUT2D eigenvalue weighted by Gasteiger charge is 2.16. The van der Waals surface area contributed by atoms with Crippen LogP contribution in [-0.4, -0.2) is 17.4 Å². The summed E-state index contributed by atoms with van der Waals surface area (Å²) < 4.78 is 0. The van der Waals surface area contributed by atoms with E-state index in [0.29, 0.717) is 11.7 Å². The maximum atomic E-state index is 12.5. The third-order valence-corrected chi connectivity index (χ3v) is 6.11. The average Bonchev–Trinajstić information content (AvgIpc) is 2.58. The van der Waals surface area contributed by atoms with Crippen molar-refractivity contribution >= 4 is 29.1 Å². The highest BCUT2D eigenvalue weighted by atomic mass is 32.2. The minimum atomic E-state index is 0.00964. The molecule has 2 rings (SSSR count). The van der Waals surface area contributed by atoms with Gasteiger partial charge in [0.2, 0.25) is 5.91 Å². The second-order valence-electron chi connectivity index (χ2n) is 7.78. The molecule has 2 aromatic rings. The van der Waals surface area contributed by atoms with E-state index in [0.717, 1.165) is 44.8 Å². The molecule has 0 aromatic heterocycles. The molecule has 0 spiro atoms. The van der Waals surface area contributed by atoms with Gasteiger partial charge in [-0.3, -0.25) is 9.59 Å². The van der Waals surface area contributed by atoms with E-state index in [1.165, 1.54) is 5.56 Å². The van der Waals surface area contributed by atoms with Gasteiger partial charge in [0.15, 0.2) is 5.78 Å². The van der Waals surface area contributed by atoms with Crippen molar-refractivity contribution in [1.29, 1.82) is 0 Å². The Bertz CT molecular complexity index is 900. The van der Waals surface area contributed by atoms with Gasteiger partial charge in [0.1, 0.15) is 0 Å². The molecule has 1 amide bonds. The topological polar surface area (TPSA) is 46.2 Å². The number of ketones is 1. The van der Waals surface area contributed by atoms with Crippen molar-refractivity contribution in [1.82, 2.24) is 0 Å². The molecule has 0 aliphatic carbocycles. The Morgan fingerprint density at radius 1 is 1.04 bits per heavy atom. The van der Waals surface area contributed by atoms with Gasteiger partial charge in [-0.2, -0.15) is 0 Å². The molecule has 2 aromatic carbocycles. The third kappa shape index (κ3) is 5.05. The molecule has 150 valence electrons. The summed E-state index contributed by atoms with van der Waals surface area (Å²) in [6.45, 7) is 14.0. The molecule has 0 unspecified atom stereocenters. The van der Waals surface area contributed by atoms with E-state index in [-0.39, 0.29) is 11.7 Å². The summed E-state index contributed by atoms with van der Waals surface area (Å²) in [5.74, 6) is 1.56. The van der Waals surface area contributed by atoms with Crippen LogP contribution in [-0.2, 0) is 10.5 Å². The number of para-hydroxylation sites is 1. The summed E-state index contributed by atoms with van der Waals surface area (Å²) in [7, 11) is 0. The SMILES string of the molecule is CC(=O)c1c(C)cc(C)c(CSCC(=O)Nc2c(C)cccc2C(C)C)c1C. The van der Waals surface area contributed by atoms with Crippen LogP contribution in [0.25, 0.3) is 0 Å². The van der Waals surface area contributed by atoms with E-state index in [2.05, 4.69) is 38.2 Å². The van der Waals surface area contributed by atoms with Gasteiger partial charge in [-0.05, 0) is 73.9 Å². The van der Waals surface area contributed by atoms with Crippen LogP contribution in [0.1, 0.15) is 70.4 Å². The van der Waals surface area contributed by atoms with Crippen LogP contribution in [0.5, 0.6) is 0 Å². The van der Waals surface area contributed by atoms with Gasteiger partial charge in [-0.15, -0.1) is 11.8 Å².